The molecule has 3 rings (SSSR count). The van der Waals surface area contributed by atoms with Gasteiger partial charge < -0.3 is 4.74 Å². The van der Waals surface area contributed by atoms with Crippen molar-refractivity contribution in [2.24, 2.45) is 17.8 Å². The quantitative estimate of drug-likeness (QED) is 0.252. The zero-order chi connectivity index (χ0) is 23.3. The zero-order valence-corrected chi connectivity index (χ0v) is 21.8. The van der Waals surface area contributed by atoms with Crippen LogP contribution in [0, 0.1) is 23.6 Å². The SMILES string of the molecule is CCCCC[C@H]1CC[C@H](CCCOc2ccc([C@H]3CC[C@H](CCCCC)CC3)cc2F)CC1. The van der Waals surface area contributed by atoms with Crippen LogP contribution in [-0.2, 0) is 0 Å². The summed E-state index contributed by atoms with van der Waals surface area (Å²) in [5, 5.41) is 0. The minimum absolute atomic E-state index is 0.162. The lowest BCUT2D eigenvalue weighted by Gasteiger charge is -2.29. The fraction of sp³-hybridized carbons (Fsp3) is 0.806. The minimum Gasteiger partial charge on any atom is -0.491 e. The van der Waals surface area contributed by atoms with Gasteiger partial charge in [0.1, 0.15) is 0 Å². The summed E-state index contributed by atoms with van der Waals surface area (Å²) in [7, 11) is 0. The Morgan fingerprint density at radius 1 is 0.697 bits per heavy atom. The van der Waals surface area contributed by atoms with E-state index in [1.807, 2.05) is 6.07 Å². The number of hydrogen-bond acceptors (Lipinski definition) is 1. The Balaban J connectivity index is 1.31. The van der Waals surface area contributed by atoms with Crippen molar-refractivity contribution < 1.29 is 9.13 Å². The van der Waals surface area contributed by atoms with E-state index < -0.39 is 0 Å². The smallest absolute Gasteiger partial charge is 0.165 e. The Kier molecular flexibility index (Phi) is 12.1. The lowest BCUT2D eigenvalue weighted by atomic mass is 9.77. The van der Waals surface area contributed by atoms with Crippen molar-refractivity contribution in [2.75, 3.05) is 6.61 Å². The van der Waals surface area contributed by atoms with Gasteiger partial charge in [0, 0.05) is 0 Å². The van der Waals surface area contributed by atoms with E-state index in [9.17, 15) is 4.39 Å². The van der Waals surface area contributed by atoms with Crippen molar-refractivity contribution >= 4 is 0 Å². The second-order valence-corrected chi connectivity index (χ2v) is 11.3. The van der Waals surface area contributed by atoms with Gasteiger partial charge in [-0.2, -0.15) is 0 Å². The second kappa shape index (κ2) is 15.0. The maximum atomic E-state index is 14.7. The minimum atomic E-state index is -0.162. The normalized spacial score (nSPS) is 25.8. The molecule has 0 heterocycles. The molecule has 0 saturated heterocycles. The van der Waals surface area contributed by atoms with Crippen molar-refractivity contribution in [2.45, 2.75) is 135 Å². The molecule has 0 atom stereocenters. The monoisotopic (exact) mass is 458 g/mol. The van der Waals surface area contributed by atoms with Crippen LogP contribution in [0.3, 0.4) is 0 Å². The fourth-order valence-electron chi connectivity index (χ4n) is 6.40. The van der Waals surface area contributed by atoms with E-state index in [1.54, 1.807) is 6.07 Å². The Labute approximate surface area is 204 Å². The van der Waals surface area contributed by atoms with Crippen LogP contribution in [0.5, 0.6) is 5.75 Å². The third kappa shape index (κ3) is 9.25. The maximum absolute atomic E-state index is 14.7. The van der Waals surface area contributed by atoms with E-state index in [4.69, 9.17) is 4.74 Å². The van der Waals surface area contributed by atoms with Crippen molar-refractivity contribution in [3.05, 3.63) is 29.6 Å². The lowest BCUT2D eigenvalue weighted by molar-refractivity contribution is 0.225. The molecule has 2 aliphatic rings. The van der Waals surface area contributed by atoms with Crippen LogP contribution in [0.4, 0.5) is 4.39 Å². The first-order chi connectivity index (χ1) is 16.2. The Bertz CT molecular complexity index is 640. The van der Waals surface area contributed by atoms with Gasteiger partial charge in [-0.25, -0.2) is 4.39 Å². The first-order valence-corrected chi connectivity index (χ1v) is 14.6. The van der Waals surface area contributed by atoms with Crippen LogP contribution in [-0.4, -0.2) is 6.61 Å². The number of benzene rings is 1. The van der Waals surface area contributed by atoms with E-state index >= 15 is 0 Å². The van der Waals surface area contributed by atoms with E-state index in [0.717, 1.165) is 24.2 Å². The van der Waals surface area contributed by atoms with Gasteiger partial charge in [0.15, 0.2) is 11.6 Å². The molecule has 0 aromatic heterocycles. The van der Waals surface area contributed by atoms with Gasteiger partial charge in [0.25, 0.3) is 0 Å². The van der Waals surface area contributed by atoms with Gasteiger partial charge in [0.2, 0.25) is 0 Å². The zero-order valence-electron chi connectivity index (χ0n) is 21.8. The Hall–Kier alpha value is -1.05. The molecule has 2 fully saturated rings. The fourth-order valence-corrected chi connectivity index (χ4v) is 6.40. The highest BCUT2D eigenvalue weighted by molar-refractivity contribution is 5.31. The molecule has 1 aromatic rings. The summed E-state index contributed by atoms with van der Waals surface area (Å²) in [6.45, 7) is 5.22. The number of ether oxygens (including phenoxy) is 1. The summed E-state index contributed by atoms with van der Waals surface area (Å²) in [6, 6.07) is 5.77. The first kappa shape index (κ1) is 26.6. The number of halogens is 1. The van der Waals surface area contributed by atoms with Crippen LogP contribution in [0.15, 0.2) is 18.2 Å². The molecule has 0 unspecified atom stereocenters. The van der Waals surface area contributed by atoms with Gasteiger partial charge in [-0.3, -0.25) is 0 Å². The van der Waals surface area contributed by atoms with Crippen molar-refractivity contribution in [3.63, 3.8) is 0 Å². The predicted molar refractivity (Wildman–Crippen MR) is 140 cm³/mol. The van der Waals surface area contributed by atoms with Gasteiger partial charge in [-0.05, 0) is 79.9 Å². The molecule has 2 heteroatoms. The van der Waals surface area contributed by atoms with Crippen LogP contribution in [0.25, 0.3) is 0 Å². The van der Waals surface area contributed by atoms with Gasteiger partial charge in [-0.15, -0.1) is 0 Å². The number of hydrogen-bond donors (Lipinski definition) is 0. The predicted octanol–water partition coefficient (Wildman–Crippen LogP) is 10.2. The van der Waals surface area contributed by atoms with E-state index in [0.29, 0.717) is 18.3 Å². The van der Waals surface area contributed by atoms with Crippen molar-refractivity contribution in [1.29, 1.82) is 0 Å². The third-order valence-corrected chi connectivity index (χ3v) is 8.69. The highest BCUT2D eigenvalue weighted by Gasteiger charge is 2.23. The van der Waals surface area contributed by atoms with Crippen LogP contribution >= 0.6 is 0 Å². The second-order valence-electron chi connectivity index (χ2n) is 11.3. The largest absolute Gasteiger partial charge is 0.491 e. The highest BCUT2D eigenvalue weighted by Crippen LogP contribution is 2.39. The standard InChI is InChI=1S/C31H51FO/c1-3-5-7-10-25-13-15-27(16-14-25)12-9-23-33-31-22-21-29(24-30(31)32)28-19-17-26(18-20-28)11-8-6-4-2/h21-22,24-28H,3-20,23H2,1-2H3/t25-,26-,27-,28-. The van der Waals surface area contributed by atoms with Gasteiger partial charge >= 0.3 is 0 Å². The molecule has 0 spiro atoms. The molecule has 0 N–H and O–H groups in total. The summed E-state index contributed by atoms with van der Waals surface area (Å²) in [6.07, 6.45) is 24.0. The van der Waals surface area contributed by atoms with E-state index in [2.05, 4.69) is 19.9 Å². The van der Waals surface area contributed by atoms with E-state index in [1.165, 1.54) is 115 Å². The molecule has 0 aliphatic heterocycles. The number of unbranched alkanes of at least 4 members (excludes halogenated alkanes) is 4. The lowest BCUT2D eigenvalue weighted by Crippen LogP contribution is -2.15. The van der Waals surface area contributed by atoms with E-state index in [-0.39, 0.29) is 5.82 Å². The highest BCUT2D eigenvalue weighted by atomic mass is 19.1. The van der Waals surface area contributed by atoms with Crippen LogP contribution < -0.4 is 4.74 Å². The van der Waals surface area contributed by atoms with Gasteiger partial charge in [-0.1, -0.05) is 97.0 Å². The molecular weight excluding hydrogens is 407 g/mol. The maximum Gasteiger partial charge on any atom is 0.165 e. The third-order valence-electron chi connectivity index (χ3n) is 8.69. The molecule has 0 amide bonds. The number of rotatable bonds is 14. The summed E-state index contributed by atoms with van der Waals surface area (Å²) in [4.78, 5) is 0. The van der Waals surface area contributed by atoms with Crippen molar-refractivity contribution in [1.82, 2.24) is 0 Å². The molecule has 1 aromatic carbocycles. The topological polar surface area (TPSA) is 9.23 Å². The van der Waals surface area contributed by atoms with Crippen molar-refractivity contribution in [3.8, 4) is 5.75 Å². The average Bonchev–Trinajstić information content (AvgIpc) is 2.84. The average molecular weight is 459 g/mol. The Morgan fingerprint density at radius 3 is 1.73 bits per heavy atom. The molecule has 2 aliphatic carbocycles. The summed E-state index contributed by atoms with van der Waals surface area (Å²) in [5.74, 6) is 3.56. The van der Waals surface area contributed by atoms with Gasteiger partial charge in [0.05, 0.1) is 6.61 Å². The van der Waals surface area contributed by atoms with Crippen LogP contribution in [0.1, 0.15) is 141 Å². The summed E-state index contributed by atoms with van der Waals surface area (Å²) >= 11 is 0. The molecule has 2 saturated carbocycles. The summed E-state index contributed by atoms with van der Waals surface area (Å²) < 4.78 is 20.6. The molecular formula is C31H51FO. The molecule has 1 nitrogen and oxygen atoms in total. The van der Waals surface area contributed by atoms with Crippen LogP contribution in [0.2, 0.25) is 0 Å². The molecule has 188 valence electrons. The first-order valence-electron chi connectivity index (χ1n) is 14.6. The molecule has 0 radical (unpaired) electrons. The molecule has 33 heavy (non-hydrogen) atoms. The molecule has 0 bridgehead atoms. The summed E-state index contributed by atoms with van der Waals surface area (Å²) in [5.41, 5.74) is 1.18. The Morgan fingerprint density at radius 2 is 1.21 bits per heavy atom.